The zero-order valence-electron chi connectivity index (χ0n) is 10.8. The van der Waals surface area contributed by atoms with Crippen LogP contribution in [0.3, 0.4) is 0 Å². The van der Waals surface area contributed by atoms with Crippen LogP contribution in [0.25, 0.3) is 0 Å². The van der Waals surface area contributed by atoms with Crippen molar-refractivity contribution in [1.82, 2.24) is 9.71 Å². The minimum absolute atomic E-state index is 0.182. The SMILES string of the molecule is NNc1cc(S(=O)(=O)NCCC2CCCC2)ccn1. The number of rotatable bonds is 6. The molecule has 19 heavy (non-hydrogen) atoms. The van der Waals surface area contributed by atoms with Gasteiger partial charge in [-0.3, -0.25) is 0 Å². The highest BCUT2D eigenvalue weighted by molar-refractivity contribution is 7.89. The van der Waals surface area contributed by atoms with Crippen LogP contribution in [0, 0.1) is 5.92 Å². The summed E-state index contributed by atoms with van der Waals surface area (Å²) in [4.78, 5) is 4.07. The number of hydrazine groups is 1. The van der Waals surface area contributed by atoms with Crippen molar-refractivity contribution < 1.29 is 8.42 Å². The van der Waals surface area contributed by atoms with Gasteiger partial charge in [0, 0.05) is 18.8 Å². The summed E-state index contributed by atoms with van der Waals surface area (Å²) < 4.78 is 26.8. The molecule has 1 aliphatic carbocycles. The molecule has 1 aliphatic rings. The lowest BCUT2D eigenvalue weighted by atomic mass is 10.1. The van der Waals surface area contributed by atoms with Crippen LogP contribution in [0.5, 0.6) is 0 Å². The van der Waals surface area contributed by atoms with E-state index < -0.39 is 10.0 Å². The van der Waals surface area contributed by atoms with Crippen molar-refractivity contribution in [1.29, 1.82) is 0 Å². The summed E-state index contributed by atoms with van der Waals surface area (Å²) in [5.74, 6) is 6.22. The van der Waals surface area contributed by atoms with Crippen LogP contribution in [0.2, 0.25) is 0 Å². The topological polar surface area (TPSA) is 97.1 Å². The van der Waals surface area contributed by atoms with E-state index >= 15 is 0 Å². The highest BCUT2D eigenvalue weighted by atomic mass is 32.2. The summed E-state index contributed by atoms with van der Waals surface area (Å²) in [7, 11) is -3.47. The van der Waals surface area contributed by atoms with Crippen molar-refractivity contribution in [3.63, 3.8) is 0 Å². The van der Waals surface area contributed by atoms with Gasteiger partial charge in [0.1, 0.15) is 5.82 Å². The first-order valence-electron chi connectivity index (χ1n) is 6.54. The van der Waals surface area contributed by atoms with Gasteiger partial charge in [-0.25, -0.2) is 24.0 Å². The van der Waals surface area contributed by atoms with Gasteiger partial charge in [-0.1, -0.05) is 25.7 Å². The van der Waals surface area contributed by atoms with Crippen LogP contribution in [0.4, 0.5) is 5.82 Å². The second kappa shape index (κ2) is 6.31. The molecule has 0 radical (unpaired) electrons. The Morgan fingerprint density at radius 1 is 1.37 bits per heavy atom. The third-order valence-corrected chi connectivity index (χ3v) is 4.97. The molecule has 0 saturated heterocycles. The predicted octanol–water partition coefficient (Wildman–Crippen LogP) is 1.23. The number of hydrogen-bond acceptors (Lipinski definition) is 5. The van der Waals surface area contributed by atoms with Gasteiger partial charge < -0.3 is 5.43 Å². The van der Waals surface area contributed by atoms with Crippen molar-refractivity contribution >= 4 is 15.8 Å². The van der Waals surface area contributed by atoms with E-state index in [2.05, 4.69) is 15.1 Å². The molecule has 106 valence electrons. The second-order valence-corrected chi connectivity index (χ2v) is 6.63. The van der Waals surface area contributed by atoms with E-state index in [0.29, 0.717) is 18.3 Å². The first-order chi connectivity index (χ1) is 9.12. The molecule has 0 spiro atoms. The first kappa shape index (κ1) is 14.2. The molecule has 0 aliphatic heterocycles. The Labute approximate surface area is 113 Å². The fourth-order valence-electron chi connectivity index (χ4n) is 2.44. The highest BCUT2D eigenvalue weighted by Gasteiger charge is 2.18. The molecule has 0 unspecified atom stereocenters. The van der Waals surface area contributed by atoms with Gasteiger partial charge in [0.05, 0.1) is 4.90 Å². The van der Waals surface area contributed by atoms with Gasteiger partial charge in [-0.15, -0.1) is 0 Å². The van der Waals surface area contributed by atoms with Gasteiger partial charge in [-0.2, -0.15) is 0 Å². The number of nitrogens with zero attached hydrogens (tertiary/aromatic N) is 1. The summed E-state index contributed by atoms with van der Waals surface area (Å²) in [6, 6.07) is 2.87. The van der Waals surface area contributed by atoms with Crippen LogP contribution < -0.4 is 16.0 Å². The Kier molecular flexibility index (Phi) is 4.73. The number of pyridine rings is 1. The van der Waals surface area contributed by atoms with Crippen LogP contribution in [-0.4, -0.2) is 19.9 Å². The third-order valence-electron chi connectivity index (χ3n) is 3.51. The molecule has 1 fully saturated rings. The average molecular weight is 284 g/mol. The number of hydrogen-bond donors (Lipinski definition) is 3. The molecule has 7 heteroatoms. The predicted molar refractivity (Wildman–Crippen MR) is 73.8 cm³/mol. The lowest BCUT2D eigenvalue weighted by molar-refractivity contribution is 0.495. The molecule has 0 amide bonds. The molecule has 2 rings (SSSR count). The van der Waals surface area contributed by atoms with Gasteiger partial charge in [0.25, 0.3) is 0 Å². The molecule has 0 aromatic carbocycles. The lowest BCUT2D eigenvalue weighted by Crippen LogP contribution is -2.26. The molecular weight excluding hydrogens is 264 g/mol. The first-order valence-corrected chi connectivity index (χ1v) is 8.02. The summed E-state index contributed by atoms with van der Waals surface area (Å²) >= 11 is 0. The van der Waals surface area contributed by atoms with Crippen LogP contribution in [0.15, 0.2) is 23.2 Å². The van der Waals surface area contributed by atoms with E-state index in [0.717, 1.165) is 6.42 Å². The summed E-state index contributed by atoms with van der Waals surface area (Å²) in [5, 5.41) is 0. The average Bonchev–Trinajstić information content (AvgIpc) is 2.92. The molecule has 1 saturated carbocycles. The van der Waals surface area contributed by atoms with E-state index in [4.69, 9.17) is 5.84 Å². The van der Waals surface area contributed by atoms with Gasteiger partial charge in [0.2, 0.25) is 10.0 Å². The smallest absolute Gasteiger partial charge is 0.240 e. The van der Waals surface area contributed by atoms with E-state index in [1.54, 1.807) is 0 Å². The maximum absolute atomic E-state index is 12.1. The summed E-state index contributed by atoms with van der Waals surface area (Å²) in [6.45, 7) is 0.487. The fraction of sp³-hybridized carbons (Fsp3) is 0.583. The minimum Gasteiger partial charge on any atom is -0.308 e. The molecule has 1 aromatic rings. The van der Waals surface area contributed by atoms with E-state index in [1.165, 1.54) is 44.0 Å². The zero-order chi connectivity index (χ0) is 13.7. The molecule has 1 heterocycles. The van der Waals surface area contributed by atoms with E-state index in [1.807, 2.05) is 0 Å². The van der Waals surface area contributed by atoms with Gasteiger partial charge in [0.15, 0.2) is 0 Å². The Balaban J connectivity index is 1.93. The third kappa shape index (κ3) is 3.89. The number of nitrogens with two attached hydrogens (primary N) is 1. The van der Waals surface area contributed by atoms with Crippen LogP contribution >= 0.6 is 0 Å². The quantitative estimate of drug-likeness (QED) is 0.539. The largest absolute Gasteiger partial charge is 0.308 e. The number of nitrogen functional groups attached to an aromatic ring is 1. The monoisotopic (exact) mass is 284 g/mol. The van der Waals surface area contributed by atoms with Crippen molar-refractivity contribution in [2.24, 2.45) is 11.8 Å². The highest BCUT2D eigenvalue weighted by Crippen LogP contribution is 2.27. The van der Waals surface area contributed by atoms with Crippen LogP contribution in [-0.2, 0) is 10.0 Å². The number of anilines is 1. The molecule has 6 nitrogen and oxygen atoms in total. The fourth-order valence-corrected chi connectivity index (χ4v) is 3.50. The molecular formula is C12H20N4O2S. The number of nitrogens with one attached hydrogen (secondary N) is 2. The Morgan fingerprint density at radius 2 is 2.11 bits per heavy atom. The van der Waals surface area contributed by atoms with Gasteiger partial charge in [-0.05, 0) is 18.4 Å². The second-order valence-electron chi connectivity index (χ2n) is 4.86. The maximum Gasteiger partial charge on any atom is 0.240 e. The minimum atomic E-state index is -3.47. The van der Waals surface area contributed by atoms with E-state index in [-0.39, 0.29) is 4.90 Å². The zero-order valence-corrected chi connectivity index (χ0v) is 11.6. The van der Waals surface area contributed by atoms with Gasteiger partial charge >= 0.3 is 0 Å². The molecule has 0 bridgehead atoms. The molecule has 4 N–H and O–H groups in total. The Morgan fingerprint density at radius 3 is 2.79 bits per heavy atom. The van der Waals surface area contributed by atoms with Crippen LogP contribution in [0.1, 0.15) is 32.1 Å². The van der Waals surface area contributed by atoms with E-state index in [9.17, 15) is 8.42 Å². The normalized spacial score (nSPS) is 16.7. The summed E-state index contributed by atoms with van der Waals surface area (Å²) in [5.41, 5.74) is 2.34. The van der Waals surface area contributed by atoms with Crippen molar-refractivity contribution in [3.05, 3.63) is 18.3 Å². The number of sulfonamides is 1. The van der Waals surface area contributed by atoms with Crippen molar-refractivity contribution in [3.8, 4) is 0 Å². The number of aromatic nitrogens is 1. The van der Waals surface area contributed by atoms with Crippen molar-refractivity contribution in [2.75, 3.05) is 12.0 Å². The lowest BCUT2D eigenvalue weighted by Gasteiger charge is -2.10. The standard InChI is InChI=1S/C12H20N4O2S/c13-16-12-9-11(6-7-14-12)19(17,18)15-8-5-10-3-1-2-4-10/h6-7,9-10,15H,1-5,8,13H2,(H,14,16). The Bertz CT molecular complexity index is 512. The Hall–Kier alpha value is -1.18. The summed E-state index contributed by atoms with van der Waals surface area (Å²) in [6.07, 6.45) is 7.31. The van der Waals surface area contributed by atoms with Crippen molar-refractivity contribution in [2.45, 2.75) is 37.0 Å². The maximum atomic E-state index is 12.1. The molecule has 1 aromatic heterocycles. The molecule has 0 atom stereocenters.